The number of hydrogen-bond donors (Lipinski definition) is 0. The van der Waals surface area contributed by atoms with Crippen LogP contribution in [-0.4, -0.2) is 33.1 Å². The van der Waals surface area contributed by atoms with E-state index in [-0.39, 0.29) is 11.5 Å². The Morgan fingerprint density at radius 1 is 1.44 bits per heavy atom. The lowest BCUT2D eigenvalue weighted by Gasteiger charge is -1.98. The number of aromatic nitrogens is 4. The summed E-state index contributed by atoms with van der Waals surface area (Å²) < 4.78 is 11.7. The monoisotopic (exact) mass is 248 g/mol. The first-order chi connectivity index (χ1) is 8.74. The summed E-state index contributed by atoms with van der Waals surface area (Å²) in [5.41, 5.74) is 0.317. The molecule has 3 rings (SSSR count). The van der Waals surface area contributed by atoms with Gasteiger partial charge < -0.3 is 9.26 Å². The first-order valence-electron chi connectivity index (χ1n) is 5.70. The van der Waals surface area contributed by atoms with Crippen molar-refractivity contribution in [2.24, 2.45) is 7.05 Å². The minimum absolute atomic E-state index is 0.178. The average Bonchev–Trinajstić information content (AvgIpc) is 3.01. The molecule has 3 heterocycles. The Kier molecular flexibility index (Phi) is 2.67. The van der Waals surface area contributed by atoms with Gasteiger partial charge in [-0.05, 0) is 12.5 Å². The molecule has 0 amide bonds. The third-order valence-electron chi connectivity index (χ3n) is 2.92. The third kappa shape index (κ3) is 1.92. The number of nitrogens with zero attached hydrogens (tertiary/aromatic N) is 4. The highest BCUT2D eigenvalue weighted by molar-refractivity contribution is 5.44. The van der Waals surface area contributed by atoms with Crippen molar-refractivity contribution in [1.82, 2.24) is 19.9 Å². The fourth-order valence-corrected chi connectivity index (χ4v) is 1.86. The Morgan fingerprint density at radius 3 is 3.06 bits per heavy atom. The highest BCUT2D eigenvalue weighted by Gasteiger charge is 2.23. The van der Waals surface area contributed by atoms with Crippen LogP contribution in [0.5, 0.6) is 0 Å². The van der Waals surface area contributed by atoms with Crippen LogP contribution in [0, 0.1) is 0 Å². The molecule has 0 N–H and O–H groups in total. The van der Waals surface area contributed by atoms with Crippen molar-refractivity contribution in [3.8, 4) is 11.6 Å². The first kappa shape index (κ1) is 11.1. The Morgan fingerprint density at radius 2 is 2.33 bits per heavy atom. The van der Waals surface area contributed by atoms with E-state index in [1.807, 2.05) is 0 Å². The highest BCUT2D eigenvalue weighted by atomic mass is 16.5. The number of ether oxygens (including phenoxy) is 1. The Hall–Kier alpha value is -2.02. The summed E-state index contributed by atoms with van der Waals surface area (Å²) in [6.45, 7) is 1.35. The number of hydrogen-bond acceptors (Lipinski definition) is 6. The molecule has 7 nitrogen and oxygen atoms in total. The number of rotatable bonds is 2. The summed E-state index contributed by atoms with van der Waals surface area (Å²) >= 11 is 0. The largest absolute Gasteiger partial charge is 0.381 e. The van der Waals surface area contributed by atoms with Crippen molar-refractivity contribution in [3.05, 3.63) is 28.3 Å². The van der Waals surface area contributed by atoms with E-state index in [4.69, 9.17) is 9.26 Å². The van der Waals surface area contributed by atoms with Crippen LogP contribution >= 0.6 is 0 Å². The standard InChI is InChI=1S/C11H12N4O3/c1-15-9(16)3-2-8(13-15)11-12-10(14-18-11)7-4-5-17-6-7/h2-3,7H,4-6H2,1H3. The first-order valence-corrected chi connectivity index (χ1v) is 5.70. The van der Waals surface area contributed by atoms with Gasteiger partial charge in [0.2, 0.25) is 0 Å². The van der Waals surface area contributed by atoms with Gasteiger partial charge in [0.25, 0.3) is 11.4 Å². The Bertz CT molecular complexity index is 613. The molecule has 0 spiro atoms. The van der Waals surface area contributed by atoms with Crippen LogP contribution in [-0.2, 0) is 11.8 Å². The van der Waals surface area contributed by atoms with Gasteiger partial charge >= 0.3 is 0 Å². The SMILES string of the molecule is Cn1nc(-c2nc(C3CCOC3)no2)ccc1=O. The molecule has 0 saturated carbocycles. The normalized spacial score (nSPS) is 19.3. The van der Waals surface area contributed by atoms with Crippen LogP contribution in [0.4, 0.5) is 0 Å². The van der Waals surface area contributed by atoms with Crippen LogP contribution in [0.15, 0.2) is 21.5 Å². The van der Waals surface area contributed by atoms with Crippen LogP contribution in [0.2, 0.25) is 0 Å². The van der Waals surface area contributed by atoms with E-state index in [9.17, 15) is 4.79 Å². The van der Waals surface area contributed by atoms with Gasteiger partial charge in [0.1, 0.15) is 5.69 Å². The molecule has 2 aromatic rings. The van der Waals surface area contributed by atoms with E-state index in [1.165, 1.54) is 10.7 Å². The molecule has 1 aliphatic heterocycles. The van der Waals surface area contributed by atoms with Crippen LogP contribution in [0.3, 0.4) is 0 Å². The predicted molar refractivity (Wildman–Crippen MR) is 60.9 cm³/mol. The van der Waals surface area contributed by atoms with Crippen molar-refractivity contribution in [1.29, 1.82) is 0 Å². The molecule has 2 aromatic heterocycles. The van der Waals surface area contributed by atoms with E-state index >= 15 is 0 Å². The van der Waals surface area contributed by atoms with E-state index in [0.29, 0.717) is 24.0 Å². The molecule has 0 aromatic carbocycles. The molecule has 18 heavy (non-hydrogen) atoms. The van der Waals surface area contributed by atoms with E-state index in [2.05, 4.69) is 15.2 Å². The summed E-state index contributed by atoms with van der Waals surface area (Å²) in [6.07, 6.45) is 0.902. The summed E-state index contributed by atoms with van der Waals surface area (Å²) in [5.74, 6) is 1.15. The molecule has 94 valence electrons. The maximum Gasteiger partial charge on any atom is 0.278 e. The summed E-state index contributed by atoms with van der Waals surface area (Å²) in [7, 11) is 1.58. The quantitative estimate of drug-likeness (QED) is 0.761. The fraction of sp³-hybridized carbons (Fsp3) is 0.455. The Labute approximate surface area is 102 Å². The van der Waals surface area contributed by atoms with Gasteiger partial charge in [-0.1, -0.05) is 5.16 Å². The molecule has 0 bridgehead atoms. The molecule has 1 saturated heterocycles. The van der Waals surface area contributed by atoms with E-state index < -0.39 is 0 Å². The van der Waals surface area contributed by atoms with Gasteiger partial charge in [0.15, 0.2) is 5.82 Å². The van der Waals surface area contributed by atoms with Gasteiger partial charge in [-0.15, -0.1) is 0 Å². The van der Waals surface area contributed by atoms with Crippen molar-refractivity contribution in [2.75, 3.05) is 13.2 Å². The van der Waals surface area contributed by atoms with Crippen molar-refractivity contribution >= 4 is 0 Å². The van der Waals surface area contributed by atoms with Gasteiger partial charge in [0.05, 0.1) is 6.61 Å². The molecule has 7 heteroatoms. The molecular formula is C11H12N4O3. The minimum atomic E-state index is -0.178. The summed E-state index contributed by atoms with van der Waals surface area (Å²) in [5, 5.41) is 7.99. The molecule has 1 fully saturated rings. The van der Waals surface area contributed by atoms with E-state index in [0.717, 1.165) is 13.0 Å². The highest BCUT2D eigenvalue weighted by Crippen LogP contribution is 2.24. The number of aryl methyl sites for hydroxylation is 1. The predicted octanol–water partition coefficient (Wildman–Crippen LogP) is 0.334. The molecule has 1 atom stereocenters. The van der Waals surface area contributed by atoms with Gasteiger partial charge in [0, 0.05) is 25.6 Å². The molecule has 1 unspecified atom stereocenters. The molecular weight excluding hydrogens is 236 g/mol. The van der Waals surface area contributed by atoms with Gasteiger partial charge in [-0.25, -0.2) is 4.68 Å². The van der Waals surface area contributed by atoms with Gasteiger partial charge in [-0.2, -0.15) is 10.1 Å². The van der Waals surface area contributed by atoms with Crippen molar-refractivity contribution < 1.29 is 9.26 Å². The Balaban J connectivity index is 1.92. The van der Waals surface area contributed by atoms with Crippen molar-refractivity contribution in [2.45, 2.75) is 12.3 Å². The third-order valence-corrected chi connectivity index (χ3v) is 2.92. The maximum absolute atomic E-state index is 11.2. The zero-order chi connectivity index (χ0) is 12.5. The lowest BCUT2D eigenvalue weighted by molar-refractivity contribution is 0.192. The second-order valence-electron chi connectivity index (χ2n) is 4.20. The maximum atomic E-state index is 11.2. The lowest BCUT2D eigenvalue weighted by atomic mass is 10.1. The van der Waals surface area contributed by atoms with Gasteiger partial charge in [-0.3, -0.25) is 4.79 Å². The van der Waals surface area contributed by atoms with Crippen LogP contribution < -0.4 is 5.56 Å². The lowest BCUT2D eigenvalue weighted by Crippen LogP contribution is -2.18. The second kappa shape index (κ2) is 4.34. The van der Waals surface area contributed by atoms with Crippen LogP contribution in [0.25, 0.3) is 11.6 Å². The molecule has 1 aliphatic rings. The van der Waals surface area contributed by atoms with E-state index in [1.54, 1.807) is 13.1 Å². The second-order valence-corrected chi connectivity index (χ2v) is 4.20. The smallest absolute Gasteiger partial charge is 0.278 e. The topological polar surface area (TPSA) is 83.0 Å². The summed E-state index contributed by atoms with van der Waals surface area (Å²) in [6, 6.07) is 3.00. The zero-order valence-corrected chi connectivity index (χ0v) is 9.87. The molecule has 0 radical (unpaired) electrons. The molecule has 0 aliphatic carbocycles. The fourth-order valence-electron chi connectivity index (χ4n) is 1.86. The zero-order valence-electron chi connectivity index (χ0n) is 9.87. The summed E-state index contributed by atoms with van der Waals surface area (Å²) in [4.78, 5) is 15.5. The minimum Gasteiger partial charge on any atom is -0.381 e. The average molecular weight is 248 g/mol. The van der Waals surface area contributed by atoms with Crippen LogP contribution in [0.1, 0.15) is 18.2 Å². The van der Waals surface area contributed by atoms with Crippen molar-refractivity contribution in [3.63, 3.8) is 0 Å².